The van der Waals surface area contributed by atoms with Crippen LogP contribution in [0.2, 0.25) is 0 Å². The Morgan fingerprint density at radius 3 is 2.56 bits per heavy atom. The number of ether oxygens (including phenoxy) is 4. The summed E-state index contributed by atoms with van der Waals surface area (Å²) in [4.78, 5) is 30.3. The summed E-state index contributed by atoms with van der Waals surface area (Å²) in [6.45, 7) is 7.37. The molecule has 9 heteroatoms. The highest BCUT2D eigenvalue weighted by Gasteiger charge is 2.61. The number of hydrogen-bond donors (Lipinski definition) is 0. The minimum atomic E-state index is -0.876. The minimum absolute atomic E-state index is 0.0934. The Hall–Kier alpha value is -3.00. The Morgan fingerprint density at radius 2 is 2.00 bits per heavy atom. The van der Waals surface area contributed by atoms with Gasteiger partial charge in [0.15, 0.2) is 5.79 Å². The van der Waals surface area contributed by atoms with E-state index in [1.807, 2.05) is 13.0 Å². The summed E-state index contributed by atoms with van der Waals surface area (Å²) in [5.41, 5.74) is 8.82. The topological polar surface area (TPSA) is 111 Å². The summed E-state index contributed by atoms with van der Waals surface area (Å²) in [6, 6.07) is 4.59. The normalized spacial score (nSPS) is 23.4. The lowest BCUT2D eigenvalue weighted by atomic mass is 9.75. The fourth-order valence-electron chi connectivity index (χ4n) is 4.88. The van der Waals surface area contributed by atoms with Crippen molar-refractivity contribution in [2.24, 2.45) is 11.3 Å². The fourth-order valence-corrected chi connectivity index (χ4v) is 4.88. The molecule has 32 heavy (non-hydrogen) atoms. The molecule has 1 heterocycles. The summed E-state index contributed by atoms with van der Waals surface area (Å²) in [6.07, 6.45) is 3.46. The zero-order valence-corrected chi connectivity index (χ0v) is 18.9. The smallest absolute Gasteiger partial charge is 0.422 e. The zero-order valence-electron chi connectivity index (χ0n) is 18.9. The number of allylic oxidation sites excluding steroid dienone is 1. The molecule has 1 saturated carbocycles. The molecule has 2 atom stereocenters. The number of methoxy groups -OCH3 is 2. The molecule has 1 spiro atoms. The van der Waals surface area contributed by atoms with Gasteiger partial charge in [-0.1, -0.05) is 13.0 Å². The molecule has 3 rings (SSSR count). The number of esters is 1. The lowest BCUT2D eigenvalue weighted by molar-refractivity contribution is -0.224. The van der Waals surface area contributed by atoms with Crippen molar-refractivity contribution in [3.63, 3.8) is 0 Å². The molecule has 1 aliphatic carbocycles. The van der Waals surface area contributed by atoms with Gasteiger partial charge in [-0.15, -0.1) is 6.58 Å². The number of carbonyl (C=O) groups is 2. The third kappa shape index (κ3) is 3.83. The summed E-state index contributed by atoms with van der Waals surface area (Å²) < 4.78 is 22.0. The quantitative estimate of drug-likeness (QED) is 0.210. The third-order valence-corrected chi connectivity index (χ3v) is 6.61. The van der Waals surface area contributed by atoms with Crippen LogP contribution in [0.4, 0.5) is 0 Å². The van der Waals surface area contributed by atoms with Crippen LogP contribution in [0.25, 0.3) is 5.53 Å². The highest BCUT2D eigenvalue weighted by atomic mass is 16.7. The van der Waals surface area contributed by atoms with E-state index in [4.69, 9.17) is 18.9 Å². The van der Waals surface area contributed by atoms with E-state index in [1.54, 1.807) is 18.0 Å². The van der Waals surface area contributed by atoms with Crippen molar-refractivity contribution >= 4 is 17.6 Å². The van der Waals surface area contributed by atoms with E-state index in [0.29, 0.717) is 25.5 Å². The molecule has 1 aromatic carbocycles. The van der Waals surface area contributed by atoms with E-state index in [2.05, 4.69) is 11.4 Å². The number of hydrogen-bond acceptors (Lipinski definition) is 6. The summed E-state index contributed by atoms with van der Waals surface area (Å²) >= 11 is 0. The van der Waals surface area contributed by atoms with Crippen molar-refractivity contribution in [2.45, 2.75) is 25.6 Å². The summed E-state index contributed by atoms with van der Waals surface area (Å²) in [5, 5.41) is 0. The van der Waals surface area contributed by atoms with Gasteiger partial charge in [0, 0.05) is 25.4 Å². The fraction of sp³-hybridized carbons (Fsp3) is 0.522. The SMILES string of the molecule is C=C[C@@H]1CCC2(OCCO2)[C@@]1(C)CN(C)C(=O)c1ccc(OC)cc1C(=[N+]=[N-])C(=O)OC. The monoisotopic (exact) mass is 443 g/mol. The molecule has 0 N–H and O–H groups in total. The minimum Gasteiger partial charge on any atom is -0.497 e. The van der Waals surface area contributed by atoms with Crippen molar-refractivity contribution in [1.29, 1.82) is 0 Å². The van der Waals surface area contributed by atoms with Gasteiger partial charge in [-0.3, -0.25) is 4.79 Å². The van der Waals surface area contributed by atoms with Gasteiger partial charge in [-0.25, -0.2) is 4.79 Å². The van der Waals surface area contributed by atoms with Crippen LogP contribution in [0, 0.1) is 11.3 Å². The standard InChI is InChI=1S/C23H29N3O6/c1-6-15-9-10-23(31-11-12-32-23)22(15,2)14-26(3)20(27)17-8-7-16(29-4)13-18(17)19(25-24)21(28)30-5/h6-8,13,15H,1,9-12,14H2,2-5H3/t15-,22+/m1/s1. The number of rotatable bonds is 7. The van der Waals surface area contributed by atoms with Crippen LogP contribution in [0.3, 0.4) is 0 Å². The van der Waals surface area contributed by atoms with Crippen LogP contribution in [-0.2, 0) is 19.0 Å². The maximum atomic E-state index is 13.5. The first-order valence-electron chi connectivity index (χ1n) is 10.4. The van der Waals surface area contributed by atoms with E-state index < -0.39 is 22.9 Å². The average molecular weight is 444 g/mol. The van der Waals surface area contributed by atoms with E-state index in [0.717, 1.165) is 12.8 Å². The van der Waals surface area contributed by atoms with Gasteiger partial charge in [0.2, 0.25) is 0 Å². The molecule has 0 aromatic heterocycles. The molecule has 1 saturated heterocycles. The molecule has 2 aliphatic rings. The molecular formula is C23H29N3O6. The van der Waals surface area contributed by atoms with Crippen molar-refractivity contribution in [3.8, 4) is 5.75 Å². The van der Waals surface area contributed by atoms with Crippen molar-refractivity contribution < 1.29 is 33.3 Å². The largest absolute Gasteiger partial charge is 0.497 e. The first kappa shape index (κ1) is 23.7. The van der Waals surface area contributed by atoms with Crippen LogP contribution in [0.15, 0.2) is 30.9 Å². The maximum Gasteiger partial charge on any atom is 0.422 e. The predicted molar refractivity (Wildman–Crippen MR) is 115 cm³/mol. The van der Waals surface area contributed by atoms with Gasteiger partial charge in [-0.2, -0.15) is 4.79 Å². The Bertz CT molecular complexity index is 964. The molecule has 0 radical (unpaired) electrons. The van der Waals surface area contributed by atoms with Gasteiger partial charge in [0.25, 0.3) is 5.91 Å². The highest BCUT2D eigenvalue weighted by Crippen LogP contribution is 2.55. The van der Waals surface area contributed by atoms with Crippen molar-refractivity contribution in [3.05, 3.63) is 47.5 Å². The Balaban J connectivity index is 1.97. The number of carbonyl (C=O) groups excluding carboxylic acids is 2. The van der Waals surface area contributed by atoms with Gasteiger partial charge in [-0.05, 0) is 30.5 Å². The predicted octanol–water partition coefficient (Wildman–Crippen LogP) is 2.30. The molecule has 1 aliphatic heterocycles. The van der Waals surface area contributed by atoms with Gasteiger partial charge < -0.3 is 29.4 Å². The van der Waals surface area contributed by atoms with Crippen molar-refractivity contribution in [1.82, 2.24) is 4.90 Å². The van der Waals surface area contributed by atoms with Crippen molar-refractivity contribution in [2.75, 3.05) is 41.0 Å². The Morgan fingerprint density at radius 1 is 1.31 bits per heavy atom. The molecule has 2 fully saturated rings. The van der Waals surface area contributed by atoms with Gasteiger partial charge in [0.05, 0.1) is 38.6 Å². The lowest BCUT2D eigenvalue weighted by Gasteiger charge is -2.44. The maximum absolute atomic E-state index is 13.5. The Kier molecular flexibility index (Phi) is 6.83. The number of benzene rings is 1. The van der Waals surface area contributed by atoms with Crippen LogP contribution in [0.1, 0.15) is 35.7 Å². The molecule has 172 valence electrons. The Labute approximate surface area is 187 Å². The van der Waals surface area contributed by atoms with E-state index in [9.17, 15) is 15.1 Å². The molecular weight excluding hydrogens is 414 g/mol. The van der Waals surface area contributed by atoms with Crippen LogP contribution in [0.5, 0.6) is 5.75 Å². The van der Waals surface area contributed by atoms with Crippen LogP contribution >= 0.6 is 0 Å². The first-order valence-corrected chi connectivity index (χ1v) is 10.4. The average Bonchev–Trinajstić information content (AvgIpc) is 3.39. The molecule has 1 amide bonds. The molecule has 9 nitrogen and oxygen atoms in total. The first-order chi connectivity index (χ1) is 15.3. The number of nitrogens with zero attached hydrogens (tertiary/aromatic N) is 3. The van der Waals surface area contributed by atoms with Gasteiger partial charge >= 0.3 is 11.7 Å². The molecule has 1 aromatic rings. The second-order valence-electron chi connectivity index (χ2n) is 8.26. The summed E-state index contributed by atoms with van der Waals surface area (Å²) in [5.74, 6) is -1.52. The van der Waals surface area contributed by atoms with Crippen LogP contribution in [-0.4, -0.2) is 74.1 Å². The lowest BCUT2D eigenvalue weighted by Crippen LogP contribution is -2.52. The van der Waals surface area contributed by atoms with E-state index in [-0.39, 0.29) is 23.0 Å². The molecule has 0 unspecified atom stereocenters. The van der Waals surface area contributed by atoms with Gasteiger partial charge in [0.1, 0.15) is 5.75 Å². The zero-order chi connectivity index (χ0) is 23.5. The third-order valence-electron chi connectivity index (χ3n) is 6.61. The number of amides is 1. The second-order valence-corrected chi connectivity index (χ2v) is 8.26. The molecule has 0 bridgehead atoms. The second kappa shape index (κ2) is 9.24. The highest BCUT2D eigenvalue weighted by molar-refractivity contribution is 6.42. The van der Waals surface area contributed by atoms with Crippen LogP contribution < -0.4 is 4.74 Å². The summed E-state index contributed by atoms with van der Waals surface area (Å²) in [7, 11) is 4.30. The van der Waals surface area contributed by atoms with E-state index in [1.165, 1.54) is 26.4 Å². The van der Waals surface area contributed by atoms with E-state index >= 15 is 0 Å².